The summed E-state index contributed by atoms with van der Waals surface area (Å²) in [6.45, 7) is 0. The van der Waals surface area contributed by atoms with Crippen LogP contribution in [0.3, 0.4) is 0 Å². The largest absolute Gasteiger partial charge is 0.228 e. The van der Waals surface area contributed by atoms with Crippen LogP contribution in [0.15, 0.2) is 30.6 Å². The molecule has 0 aromatic carbocycles. The van der Waals surface area contributed by atoms with Crippen LogP contribution in [0.25, 0.3) is 11.1 Å². The molecule has 2 nitrogen and oxygen atoms in total. The molecule has 0 N–H and O–H groups in total. The van der Waals surface area contributed by atoms with E-state index in [4.69, 9.17) is 0 Å². The Morgan fingerprint density at radius 2 is 1.86 bits per heavy atom. The summed E-state index contributed by atoms with van der Waals surface area (Å²) in [5.74, 6) is -1.31. The molecule has 2 aromatic heterocycles. The molecule has 4 heteroatoms. The molecule has 0 bridgehead atoms. The van der Waals surface area contributed by atoms with Crippen LogP contribution in [0.2, 0.25) is 0 Å². The summed E-state index contributed by atoms with van der Waals surface area (Å²) in [4.78, 5) is 6.75. The van der Waals surface area contributed by atoms with Crippen molar-refractivity contribution in [3.05, 3.63) is 48.6 Å². The number of hydrogen-bond donors (Lipinski definition) is 0. The fourth-order valence-corrected chi connectivity index (χ4v) is 1.10. The van der Waals surface area contributed by atoms with Gasteiger partial charge in [-0.2, -0.15) is 8.78 Å². The summed E-state index contributed by atoms with van der Waals surface area (Å²) in [6, 6.07) is 6.72. The topological polar surface area (TPSA) is 25.8 Å². The van der Waals surface area contributed by atoms with Gasteiger partial charge in [-0.05, 0) is 23.3 Å². The number of hydrogen-bond acceptors (Lipinski definition) is 2. The van der Waals surface area contributed by atoms with E-state index in [2.05, 4.69) is 16.0 Å². The van der Waals surface area contributed by atoms with E-state index in [0.29, 0.717) is 11.1 Å². The lowest BCUT2D eigenvalue weighted by Crippen LogP contribution is -1.87. The Morgan fingerprint density at radius 3 is 2.57 bits per heavy atom. The molecule has 0 saturated carbocycles. The van der Waals surface area contributed by atoms with Crippen LogP contribution < -0.4 is 0 Å². The molecule has 69 valence electrons. The van der Waals surface area contributed by atoms with Gasteiger partial charge < -0.3 is 0 Å². The first kappa shape index (κ1) is 8.74. The lowest BCUT2D eigenvalue weighted by Gasteiger charge is -1.99. The third-order valence-corrected chi connectivity index (χ3v) is 1.70. The molecule has 14 heavy (non-hydrogen) atoms. The van der Waals surface area contributed by atoms with Crippen molar-refractivity contribution in [2.45, 2.75) is 0 Å². The Bertz CT molecular complexity index is 414. The van der Waals surface area contributed by atoms with Crippen molar-refractivity contribution in [2.75, 3.05) is 0 Å². The lowest BCUT2D eigenvalue weighted by atomic mass is 10.1. The fraction of sp³-hybridized carbons (Fsp3) is 0. The minimum Gasteiger partial charge on any atom is -0.228 e. The molecule has 2 rings (SSSR count). The van der Waals surface area contributed by atoms with Crippen LogP contribution in [-0.2, 0) is 0 Å². The van der Waals surface area contributed by atoms with Crippen molar-refractivity contribution in [1.82, 2.24) is 9.97 Å². The number of rotatable bonds is 1. The first-order valence-electron chi connectivity index (χ1n) is 3.91. The number of pyridine rings is 2. The predicted molar refractivity (Wildman–Crippen MR) is 46.2 cm³/mol. The van der Waals surface area contributed by atoms with E-state index < -0.39 is 11.9 Å². The summed E-state index contributed by atoms with van der Waals surface area (Å²) in [6.07, 6.45) is 2.62. The standard InChI is InChI=1S/C10H5F2N2/c11-9-5-7(1-3-13-9)8-2-4-14-10(12)6-8/h1-5H. The molecular formula is C10H5F2N2. The summed E-state index contributed by atoms with van der Waals surface area (Å²) >= 11 is 0. The molecule has 0 aliphatic heterocycles. The maximum atomic E-state index is 12.7. The SMILES string of the molecule is Fc1[c]c(-c2ccnc(F)c2)ccn1. The highest BCUT2D eigenvalue weighted by Crippen LogP contribution is 2.17. The summed E-state index contributed by atoms with van der Waals surface area (Å²) in [7, 11) is 0. The maximum Gasteiger partial charge on any atom is 0.221 e. The Labute approximate surface area is 79.3 Å². The van der Waals surface area contributed by atoms with Crippen LogP contribution in [0.1, 0.15) is 0 Å². The van der Waals surface area contributed by atoms with E-state index in [1.54, 1.807) is 12.1 Å². The third kappa shape index (κ3) is 1.74. The number of nitrogens with zero attached hydrogens (tertiary/aromatic N) is 2. The van der Waals surface area contributed by atoms with Crippen LogP contribution in [-0.4, -0.2) is 9.97 Å². The van der Waals surface area contributed by atoms with Crippen molar-refractivity contribution >= 4 is 0 Å². The fourth-order valence-electron chi connectivity index (χ4n) is 1.10. The Hall–Kier alpha value is -1.84. The number of halogens is 2. The average molecular weight is 191 g/mol. The molecule has 0 atom stereocenters. The van der Waals surface area contributed by atoms with Gasteiger partial charge in [0.15, 0.2) is 0 Å². The van der Waals surface area contributed by atoms with Gasteiger partial charge in [0.25, 0.3) is 0 Å². The van der Waals surface area contributed by atoms with Crippen LogP contribution in [0.4, 0.5) is 8.78 Å². The second kappa shape index (κ2) is 3.49. The van der Waals surface area contributed by atoms with Gasteiger partial charge in [0.05, 0.1) is 0 Å². The lowest BCUT2D eigenvalue weighted by molar-refractivity contribution is 0.580. The highest BCUT2D eigenvalue weighted by atomic mass is 19.1. The van der Waals surface area contributed by atoms with Gasteiger partial charge in [-0.3, -0.25) is 0 Å². The highest BCUT2D eigenvalue weighted by Gasteiger charge is 2.01. The van der Waals surface area contributed by atoms with Crippen molar-refractivity contribution in [3.8, 4) is 11.1 Å². The second-order valence-corrected chi connectivity index (χ2v) is 2.64. The minimum absolute atomic E-state index is 0.457. The van der Waals surface area contributed by atoms with Crippen LogP contribution >= 0.6 is 0 Å². The smallest absolute Gasteiger partial charge is 0.221 e. The third-order valence-electron chi connectivity index (χ3n) is 1.70. The predicted octanol–water partition coefficient (Wildman–Crippen LogP) is 2.22. The Kier molecular flexibility index (Phi) is 2.18. The Balaban J connectivity index is 2.49. The normalized spacial score (nSPS) is 10.1. The first-order chi connectivity index (χ1) is 6.75. The van der Waals surface area contributed by atoms with Gasteiger partial charge in [-0.25, -0.2) is 9.97 Å². The quantitative estimate of drug-likeness (QED) is 0.646. The molecular weight excluding hydrogens is 186 g/mol. The van der Waals surface area contributed by atoms with Gasteiger partial charge in [0.2, 0.25) is 11.9 Å². The van der Waals surface area contributed by atoms with E-state index in [9.17, 15) is 8.78 Å². The monoisotopic (exact) mass is 191 g/mol. The minimum atomic E-state index is -0.709. The molecule has 0 aliphatic rings. The van der Waals surface area contributed by atoms with Gasteiger partial charge in [-0.1, -0.05) is 0 Å². The highest BCUT2D eigenvalue weighted by molar-refractivity contribution is 5.61. The summed E-state index contributed by atoms with van der Waals surface area (Å²) < 4.78 is 25.4. The van der Waals surface area contributed by atoms with E-state index in [-0.39, 0.29) is 0 Å². The zero-order chi connectivity index (χ0) is 9.97. The molecule has 0 amide bonds. The van der Waals surface area contributed by atoms with Gasteiger partial charge in [0, 0.05) is 24.5 Å². The second-order valence-electron chi connectivity index (χ2n) is 2.64. The molecule has 0 aliphatic carbocycles. The van der Waals surface area contributed by atoms with Crippen molar-refractivity contribution in [3.63, 3.8) is 0 Å². The number of aromatic nitrogens is 2. The molecule has 0 saturated heterocycles. The molecule has 0 fully saturated rings. The van der Waals surface area contributed by atoms with Gasteiger partial charge in [-0.15, -0.1) is 0 Å². The molecule has 0 unspecified atom stereocenters. The molecule has 2 heterocycles. The molecule has 1 radical (unpaired) electrons. The van der Waals surface area contributed by atoms with Crippen molar-refractivity contribution in [2.24, 2.45) is 0 Å². The van der Waals surface area contributed by atoms with Crippen LogP contribution in [0.5, 0.6) is 0 Å². The van der Waals surface area contributed by atoms with E-state index >= 15 is 0 Å². The van der Waals surface area contributed by atoms with E-state index in [1.807, 2.05) is 0 Å². The molecule has 2 aromatic rings. The summed E-state index contributed by atoms with van der Waals surface area (Å²) in [5.41, 5.74) is 0.984. The van der Waals surface area contributed by atoms with E-state index in [1.165, 1.54) is 18.5 Å². The first-order valence-corrected chi connectivity index (χ1v) is 3.91. The maximum absolute atomic E-state index is 12.7. The average Bonchev–Trinajstić information content (AvgIpc) is 2.18. The van der Waals surface area contributed by atoms with Crippen molar-refractivity contribution in [1.29, 1.82) is 0 Å². The van der Waals surface area contributed by atoms with Gasteiger partial charge >= 0.3 is 0 Å². The summed E-state index contributed by atoms with van der Waals surface area (Å²) in [5, 5.41) is 0. The van der Waals surface area contributed by atoms with Crippen LogP contribution in [0, 0.1) is 18.0 Å². The van der Waals surface area contributed by atoms with Gasteiger partial charge in [0.1, 0.15) is 0 Å². The zero-order valence-corrected chi connectivity index (χ0v) is 7.04. The van der Waals surface area contributed by atoms with Crippen molar-refractivity contribution < 1.29 is 8.78 Å². The Morgan fingerprint density at radius 1 is 1.07 bits per heavy atom. The molecule has 0 spiro atoms. The zero-order valence-electron chi connectivity index (χ0n) is 7.04. The van der Waals surface area contributed by atoms with E-state index in [0.717, 1.165) is 0 Å².